The molecule has 0 spiro atoms. The van der Waals surface area contributed by atoms with Crippen molar-refractivity contribution in [3.8, 4) is 0 Å². The first-order valence-electron chi connectivity index (χ1n) is 8.36. The van der Waals surface area contributed by atoms with Gasteiger partial charge in [-0.25, -0.2) is 4.79 Å². The van der Waals surface area contributed by atoms with Gasteiger partial charge in [0.2, 0.25) is 0 Å². The molecule has 0 bridgehead atoms. The van der Waals surface area contributed by atoms with Crippen molar-refractivity contribution in [2.24, 2.45) is 0 Å². The van der Waals surface area contributed by atoms with Gasteiger partial charge < -0.3 is 15.3 Å². The van der Waals surface area contributed by atoms with E-state index in [1.807, 2.05) is 12.1 Å². The summed E-state index contributed by atoms with van der Waals surface area (Å²) >= 11 is 0. The maximum atomic E-state index is 12.2. The second-order valence-electron chi connectivity index (χ2n) is 5.68. The van der Waals surface area contributed by atoms with Crippen LogP contribution in [0.3, 0.4) is 0 Å². The lowest BCUT2D eigenvalue weighted by atomic mass is 10.0. The van der Waals surface area contributed by atoms with E-state index in [-0.39, 0.29) is 12.6 Å². The molecule has 0 aromatic heterocycles. The summed E-state index contributed by atoms with van der Waals surface area (Å²) < 4.78 is 0. The third-order valence-electron chi connectivity index (χ3n) is 3.99. The van der Waals surface area contributed by atoms with E-state index in [0.717, 1.165) is 19.3 Å². The lowest BCUT2D eigenvalue weighted by Crippen LogP contribution is -2.42. The second-order valence-corrected chi connectivity index (χ2v) is 5.68. The molecule has 0 aliphatic carbocycles. The van der Waals surface area contributed by atoms with Crippen LogP contribution in [0.4, 0.5) is 4.79 Å². The zero-order valence-electron chi connectivity index (χ0n) is 13.8. The van der Waals surface area contributed by atoms with Crippen LogP contribution < -0.4 is 5.32 Å². The molecule has 0 saturated heterocycles. The molecular weight excluding hydrogens is 288 g/mol. The van der Waals surface area contributed by atoms with Crippen molar-refractivity contribution in [2.45, 2.75) is 26.2 Å². The van der Waals surface area contributed by atoms with Crippen molar-refractivity contribution in [1.82, 2.24) is 10.2 Å². The van der Waals surface area contributed by atoms with E-state index in [9.17, 15) is 4.79 Å². The quantitative estimate of drug-likeness (QED) is 0.786. The van der Waals surface area contributed by atoms with E-state index in [4.69, 9.17) is 5.11 Å². The number of amides is 2. The van der Waals surface area contributed by atoms with Gasteiger partial charge in [0.05, 0.1) is 6.61 Å². The number of aliphatic hydroxyl groups is 1. The Morgan fingerprint density at radius 2 is 1.91 bits per heavy atom. The normalized spacial score (nSPS) is 10.7. The summed E-state index contributed by atoms with van der Waals surface area (Å²) in [5, 5.41) is 14.5. The van der Waals surface area contributed by atoms with Gasteiger partial charge in [0.25, 0.3) is 0 Å². The number of benzene rings is 2. The molecule has 2 amide bonds. The predicted octanol–water partition coefficient (Wildman–Crippen LogP) is 3.19. The van der Waals surface area contributed by atoms with Crippen LogP contribution in [0.1, 0.15) is 25.3 Å². The highest BCUT2D eigenvalue weighted by atomic mass is 16.3. The van der Waals surface area contributed by atoms with Gasteiger partial charge in [0, 0.05) is 19.6 Å². The summed E-state index contributed by atoms with van der Waals surface area (Å²) in [6.45, 7) is 3.77. The third kappa shape index (κ3) is 4.96. The van der Waals surface area contributed by atoms with E-state index in [1.54, 1.807) is 4.90 Å². The van der Waals surface area contributed by atoms with Gasteiger partial charge in [-0.15, -0.1) is 0 Å². The van der Waals surface area contributed by atoms with Crippen molar-refractivity contribution < 1.29 is 9.90 Å². The molecule has 2 aromatic carbocycles. The Kier molecular flexibility index (Phi) is 6.88. The van der Waals surface area contributed by atoms with Gasteiger partial charge in [-0.1, -0.05) is 55.8 Å². The average molecular weight is 314 g/mol. The van der Waals surface area contributed by atoms with E-state index in [0.29, 0.717) is 19.6 Å². The lowest BCUT2D eigenvalue weighted by molar-refractivity contribution is 0.176. The highest BCUT2D eigenvalue weighted by molar-refractivity contribution is 5.85. The molecule has 4 nitrogen and oxygen atoms in total. The summed E-state index contributed by atoms with van der Waals surface area (Å²) in [5.74, 6) is 0. The first kappa shape index (κ1) is 17.3. The zero-order valence-corrected chi connectivity index (χ0v) is 13.8. The number of nitrogens with zero attached hydrogens (tertiary/aromatic N) is 1. The monoisotopic (exact) mass is 314 g/mol. The molecule has 23 heavy (non-hydrogen) atoms. The molecule has 2 N–H and O–H groups in total. The lowest BCUT2D eigenvalue weighted by Gasteiger charge is -2.22. The number of nitrogens with one attached hydrogen (secondary N) is 1. The molecule has 0 aliphatic rings. The summed E-state index contributed by atoms with van der Waals surface area (Å²) in [5.41, 5.74) is 1.24. The molecule has 0 radical (unpaired) electrons. The topological polar surface area (TPSA) is 52.6 Å². The van der Waals surface area contributed by atoms with Crippen molar-refractivity contribution >= 4 is 16.8 Å². The molecule has 4 heteroatoms. The molecule has 0 saturated carbocycles. The Morgan fingerprint density at radius 3 is 2.70 bits per heavy atom. The van der Waals surface area contributed by atoms with E-state index in [1.165, 1.54) is 16.3 Å². The molecule has 0 atom stereocenters. The van der Waals surface area contributed by atoms with E-state index < -0.39 is 0 Å². The Labute approximate surface area is 138 Å². The SMILES string of the molecule is CCCCN(CCO)C(=O)NCCc1cccc2ccccc12. The fraction of sp³-hybridized carbons (Fsp3) is 0.421. The van der Waals surface area contributed by atoms with E-state index in [2.05, 4.69) is 42.6 Å². The third-order valence-corrected chi connectivity index (χ3v) is 3.99. The molecule has 0 aliphatic heterocycles. The predicted molar refractivity (Wildman–Crippen MR) is 94.6 cm³/mol. The number of urea groups is 1. The minimum atomic E-state index is -0.0901. The number of carbonyl (C=O) groups is 1. The van der Waals surface area contributed by atoms with Gasteiger partial charge in [-0.2, -0.15) is 0 Å². The number of hydrogen-bond acceptors (Lipinski definition) is 2. The first-order valence-corrected chi connectivity index (χ1v) is 8.36. The first-order chi connectivity index (χ1) is 11.3. The fourth-order valence-corrected chi connectivity index (χ4v) is 2.71. The van der Waals surface area contributed by atoms with Crippen LogP contribution in [0.5, 0.6) is 0 Å². The number of fused-ring (bicyclic) bond motifs is 1. The fourth-order valence-electron chi connectivity index (χ4n) is 2.71. The minimum Gasteiger partial charge on any atom is -0.395 e. The molecule has 0 unspecified atom stereocenters. The van der Waals surface area contributed by atoms with Gasteiger partial charge in [-0.05, 0) is 29.2 Å². The van der Waals surface area contributed by atoms with Crippen molar-refractivity contribution in [3.63, 3.8) is 0 Å². The van der Waals surface area contributed by atoms with Crippen LogP contribution in [0.2, 0.25) is 0 Å². The second kappa shape index (κ2) is 9.16. The Balaban J connectivity index is 1.91. The maximum absolute atomic E-state index is 12.2. The number of rotatable bonds is 8. The molecule has 2 aromatic rings. The molecule has 124 valence electrons. The van der Waals surface area contributed by atoms with Gasteiger partial charge in [0.1, 0.15) is 0 Å². The largest absolute Gasteiger partial charge is 0.395 e. The van der Waals surface area contributed by atoms with Crippen molar-refractivity contribution in [2.75, 3.05) is 26.2 Å². The van der Waals surface area contributed by atoms with Gasteiger partial charge in [-0.3, -0.25) is 0 Å². The van der Waals surface area contributed by atoms with Crippen LogP contribution in [0.25, 0.3) is 10.8 Å². The summed E-state index contributed by atoms with van der Waals surface area (Å²) in [4.78, 5) is 13.9. The van der Waals surface area contributed by atoms with E-state index >= 15 is 0 Å². The average Bonchev–Trinajstić information content (AvgIpc) is 2.58. The van der Waals surface area contributed by atoms with Gasteiger partial charge >= 0.3 is 6.03 Å². The molecule has 0 fully saturated rings. The Hall–Kier alpha value is -2.07. The summed E-state index contributed by atoms with van der Waals surface area (Å²) in [7, 11) is 0. The number of hydrogen-bond donors (Lipinski definition) is 2. The van der Waals surface area contributed by atoms with Crippen molar-refractivity contribution in [3.05, 3.63) is 48.0 Å². The van der Waals surface area contributed by atoms with Crippen LogP contribution >= 0.6 is 0 Å². The van der Waals surface area contributed by atoms with Crippen LogP contribution in [-0.2, 0) is 6.42 Å². The summed E-state index contributed by atoms with van der Waals surface area (Å²) in [6, 6.07) is 14.5. The Morgan fingerprint density at radius 1 is 1.13 bits per heavy atom. The van der Waals surface area contributed by atoms with Crippen LogP contribution in [0, 0.1) is 0 Å². The zero-order chi connectivity index (χ0) is 16.5. The highest BCUT2D eigenvalue weighted by Gasteiger charge is 2.11. The minimum absolute atomic E-state index is 0.000453. The Bertz CT molecular complexity index is 622. The smallest absolute Gasteiger partial charge is 0.317 e. The molecule has 0 heterocycles. The van der Waals surface area contributed by atoms with Gasteiger partial charge in [0.15, 0.2) is 0 Å². The highest BCUT2D eigenvalue weighted by Crippen LogP contribution is 2.18. The standard InChI is InChI=1S/C19H26N2O2/c1-2-3-13-21(14-15-22)19(23)20-12-11-17-9-6-8-16-7-4-5-10-18(16)17/h4-10,22H,2-3,11-15H2,1H3,(H,20,23). The van der Waals surface area contributed by atoms with Crippen LogP contribution in [-0.4, -0.2) is 42.3 Å². The van der Waals surface area contributed by atoms with Crippen LogP contribution in [0.15, 0.2) is 42.5 Å². The molecular formula is C19H26N2O2. The number of carbonyl (C=O) groups excluding carboxylic acids is 1. The van der Waals surface area contributed by atoms with Crippen molar-refractivity contribution in [1.29, 1.82) is 0 Å². The maximum Gasteiger partial charge on any atom is 0.317 e. The summed E-state index contributed by atoms with van der Waals surface area (Å²) in [6.07, 6.45) is 2.79. The molecule has 2 rings (SSSR count). The number of unbranched alkanes of at least 4 members (excludes halogenated alkanes) is 1. The number of aliphatic hydroxyl groups excluding tert-OH is 1.